The molecular formula is C26H24N2O4. The van der Waals surface area contributed by atoms with Gasteiger partial charge in [-0.1, -0.05) is 48.0 Å². The third-order valence-electron chi connectivity index (χ3n) is 5.45. The van der Waals surface area contributed by atoms with E-state index >= 15 is 0 Å². The molecule has 2 aromatic carbocycles. The molecule has 0 spiro atoms. The highest BCUT2D eigenvalue weighted by Crippen LogP contribution is 2.40. The SMILES string of the molecule is CCOc1ccc(C2C(=C(O)c3ccc(C)cc3)C(=O)C(=O)N2Cc2cccnc2)cc1. The smallest absolute Gasteiger partial charge is 0.295 e. The van der Waals surface area contributed by atoms with Crippen molar-refractivity contribution in [3.05, 3.63) is 101 Å². The van der Waals surface area contributed by atoms with Gasteiger partial charge in [-0.05, 0) is 43.2 Å². The lowest BCUT2D eigenvalue weighted by molar-refractivity contribution is -0.140. The Morgan fingerprint density at radius 1 is 1.06 bits per heavy atom. The van der Waals surface area contributed by atoms with Crippen LogP contribution in [0, 0.1) is 6.92 Å². The van der Waals surface area contributed by atoms with Crippen molar-refractivity contribution in [2.75, 3.05) is 6.61 Å². The molecule has 1 saturated heterocycles. The Hall–Kier alpha value is -3.93. The molecule has 1 fully saturated rings. The predicted octanol–water partition coefficient (Wildman–Crippen LogP) is 4.41. The van der Waals surface area contributed by atoms with E-state index in [9.17, 15) is 14.7 Å². The van der Waals surface area contributed by atoms with E-state index in [4.69, 9.17) is 4.74 Å². The number of nitrogens with zero attached hydrogens (tertiary/aromatic N) is 2. The number of aryl methyl sites for hydroxylation is 1. The normalized spacial score (nSPS) is 17.6. The molecule has 0 saturated carbocycles. The van der Waals surface area contributed by atoms with Gasteiger partial charge in [-0.15, -0.1) is 0 Å². The Labute approximate surface area is 186 Å². The largest absolute Gasteiger partial charge is 0.507 e. The zero-order valence-corrected chi connectivity index (χ0v) is 18.0. The van der Waals surface area contributed by atoms with Crippen LogP contribution in [0.4, 0.5) is 0 Å². The van der Waals surface area contributed by atoms with Gasteiger partial charge in [0.2, 0.25) is 0 Å². The van der Waals surface area contributed by atoms with Crippen molar-refractivity contribution in [1.82, 2.24) is 9.88 Å². The number of likely N-dealkylation sites (tertiary alicyclic amines) is 1. The lowest BCUT2D eigenvalue weighted by atomic mass is 9.95. The van der Waals surface area contributed by atoms with Crippen molar-refractivity contribution in [2.45, 2.75) is 26.4 Å². The fraction of sp³-hybridized carbons (Fsp3) is 0.192. The molecule has 6 heteroatoms. The number of aliphatic hydroxyl groups is 1. The molecule has 0 bridgehead atoms. The van der Waals surface area contributed by atoms with Crippen LogP contribution in [-0.4, -0.2) is 33.3 Å². The van der Waals surface area contributed by atoms with Crippen molar-refractivity contribution in [3.63, 3.8) is 0 Å². The molecule has 3 aromatic rings. The molecule has 4 rings (SSSR count). The molecule has 1 aliphatic rings. The molecule has 1 amide bonds. The summed E-state index contributed by atoms with van der Waals surface area (Å²) in [6.07, 6.45) is 3.31. The highest BCUT2D eigenvalue weighted by Gasteiger charge is 2.46. The quantitative estimate of drug-likeness (QED) is 0.357. The zero-order valence-electron chi connectivity index (χ0n) is 18.0. The first-order valence-corrected chi connectivity index (χ1v) is 10.5. The Morgan fingerprint density at radius 3 is 2.41 bits per heavy atom. The second-order valence-electron chi connectivity index (χ2n) is 7.66. The van der Waals surface area contributed by atoms with E-state index in [1.54, 1.807) is 42.7 Å². The van der Waals surface area contributed by atoms with E-state index < -0.39 is 17.7 Å². The first kappa shape index (κ1) is 21.3. The second kappa shape index (κ2) is 9.06. The molecular weight excluding hydrogens is 404 g/mol. The molecule has 0 radical (unpaired) electrons. The van der Waals surface area contributed by atoms with E-state index in [1.165, 1.54) is 4.90 Å². The summed E-state index contributed by atoms with van der Waals surface area (Å²) >= 11 is 0. The predicted molar refractivity (Wildman–Crippen MR) is 121 cm³/mol. The molecule has 1 N–H and O–H groups in total. The van der Waals surface area contributed by atoms with E-state index in [1.807, 2.05) is 44.2 Å². The Balaban J connectivity index is 1.83. The van der Waals surface area contributed by atoms with Crippen LogP contribution in [0.2, 0.25) is 0 Å². The highest BCUT2D eigenvalue weighted by molar-refractivity contribution is 6.46. The third kappa shape index (κ3) is 4.12. The number of rotatable bonds is 6. The maximum absolute atomic E-state index is 13.1. The van der Waals surface area contributed by atoms with Crippen LogP contribution in [0.5, 0.6) is 5.75 Å². The number of ketones is 1. The molecule has 2 heterocycles. The topological polar surface area (TPSA) is 79.7 Å². The van der Waals surface area contributed by atoms with Crippen molar-refractivity contribution in [3.8, 4) is 5.75 Å². The Morgan fingerprint density at radius 2 is 1.78 bits per heavy atom. The minimum Gasteiger partial charge on any atom is -0.507 e. The fourth-order valence-corrected chi connectivity index (χ4v) is 3.86. The number of Topliss-reactive ketones (excluding diaryl/α,β-unsaturated/α-hetero) is 1. The molecule has 1 atom stereocenters. The Kier molecular flexibility index (Phi) is 6.03. The number of benzene rings is 2. The number of pyridine rings is 1. The maximum atomic E-state index is 13.1. The van der Waals surface area contributed by atoms with Crippen molar-refractivity contribution in [2.24, 2.45) is 0 Å². The standard InChI is InChI=1S/C26H24N2O4/c1-3-32-21-12-10-19(11-13-21)23-22(24(29)20-8-6-17(2)7-9-20)25(30)26(31)28(23)16-18-5-4-14-27-15-18/h4-15,23,29H,3,16H2,1-2H3. The molecule has 0 aliphatic carbocycles. The molecule has 6 nitrogen and oxygen atoms in total. The number of amides is 1. The van der Waals surface area contributed by atoms with Crippen molar-refractivity contribution < 1.29 is 19.4 Å². The second-order valence-corrected chi connectivity index (χ2v) is 7.66. The van der Waals surface area contributed by atoms with Crippen LogP contribution in [0.15, 0.2) is 78.6 Å². The van der Waals surface area contributed by atoms with Gasteiger partial charge >= 0.3 is 0 Å². The van der Waals surface area contributed by atoms with Crippen LogP contribution in [0.3, 0.4) is 0 Å². The van der Waals surface area contributed by atoms with Crippen molar-refractivity contribution >= 4 is 17.4 Å². The summed E-state index contributed by atoms with van der Waals surface area (Å²) in [7, 11) is 0. The van der Waals surface area contributed by atoms with Gasteiger partial charge in [0.1, 0.15) is 11.5 Å². The van der Waals surface area contributed by atoms with Crippen molar-refractivity contribution in [1.29, 1.82) is 0 Å². The average molecular weight is 428 g/mol. The first-order chi connectivity index (χ1) is 15.5. The van der Waals surface area contributed by atoms with Gasteiger partial charge in [0, 0.05) is 24.5 Å². The van der Waals surface area contributed by atoms with Gasteiger partial charge < -0.3 is 14.7 Å². The molecule has 1 unspecified atom stereocenters. The summed E-state index contributed by atoms with van der Waals surface area (Å²) < 4.78 is 5.53. The minimum atomic E-state index is -0.729. The summed E-state index contributed by atoms with van der Waals surface area (Å²) in [5.41, 5.74) is 3.10. The summed E-state index contributed by atoms with van der Waals surface area (Å²) in [5, 5.41) is 11.1. The van der Waals surface area contributed by atoms with Crippen LogP contribution in [0.1, 0.15) is 35.2 Å². The van der Waals surface area contributed by atoms with Crippen LogP contribution in [0.25, 0.3) is 5.76 Å². The van der Waals surface area contributed by atoms with Gasteiger partial charge in [-0.25, -0.2) is 0 Å². The van der Waals surface area contributed by atoms with Gasteiger partial charge in [-0.2, -0.15) is 0 Å². The number of ether oxygens (including phenoxy) is 1. The number of carbonyl (C=O) groups is 2. The average Bonchev–Trinajstić information content (AvgIpc) is 3.05. The van der Waals surface area contributed by atoms with E-state index in [0.717, 1.165) is 11.1 Å². The Bertz CT molecular complexity index is 1150. The van der Waals surface area contributed by atoms with Gasteiger partial charge in [0.25, 0.3) is 11.7 Å². The summed E-state index contributed by atoms with van der Waals surface area (Å²) in [4.78, 5) is 31.7. The van der Waals surface area contributed by atoms with Crippen LogP contribution >= 0.6 is 0 Å². The van der Waals surface area contributed by atoms with E-state index in [2.05, 4.69) is 4.98 Å². The molecule has 1 aromatic heterocycles. The first-order valence-electron chi connectivity index (χ1n) is 10.5. The molecule has 1 aliphatic heterocycles. The number of aromatic nitrogens is 1. The van der Waals surface area contributed by atoms with Crippen LogP contribution < -0.4 is 4.74 Å². The third-order valence-corrected chi connectivity index (χ3v) is 5.45. The minimum absolute atomic E-state index is 0.0758. The lowest BCUT2D eigenvalue weighted by Gasteiger charge is -2.25. The lowest BCUT2D eigenvalue weighted by Crippen LogP contribution is -2.29. The van der Waals surface area contributed by atoms with E-state index in [-0.39, 0.29) is 17.9 Å². The van der Waals surface area contributed by atoms with Crippen LogP contribution in [-0.2, 0) is 16.1 Å². The summed E-state index contributed by atoms with van der Waals surface area (Å²) in [6, 6.07) is 17.3. The fourth-order valence-electron chi connectivity index (χ4n) is 3.86. The highest BCUT2D eigenvalue weighted by atomic mass is 16.5. The summed E-state index contributed by atoms with van der Waals surface area (Å²) in [5.74, 6) is -0.845. The molecule has 162 valence electrons. The van der Waals surface area contributed by atoms with Gasteiger partial charge in [0.15, 0.2) is 0 Å². The molecule has 32 heavy (non-hydrogen) atoms. The number of carbonyl (C=O) groups excluding carboxylic acids is 2. The number of hydrogen-bond acceptors (Lipinski definition) is 5. The van der Waals surface area contributed by atoms with Gasteiger partial charge in [-0.3, -0.25) is 14.6 Å². The zero-order chi connectivity index (χ0) is 22.7. The van der Waals surface area contributed by atoms with E-state index in [0.29, 0.717) is 23.5 Å². The number of hydrogen-bond donors (Lipinski definition) is 1. The maximum Gasteiger partial charge on any atom is 0.295 e. The summed E-state index contributed by atoms with van der Waals surface area (Å²) in [6.45, 7) is 4.57. The number of aliphatic hydroxyl groups excluding tert-OH is 1. The van der Waals surface area contributed by atoms with Gasteiger partial charge in [0.05, 0.1) is 18.2 Å². The monoisotopic (exact) mass is 428 g/mol.